The molecule has 10 heteroatoms. The first-order valence-electron chi connectivity index (χ1n) is 12.3. The molecular formula is C30H21BrN6O3. The fraction of sp³-hybridized carbons (Fsp3) is 0.0333. The van der Waals surface area contributed by atoms with E-state index in [1.165, 1.54) is 9.13 Å². The van der Waals surface area contributed by atoms with Crippen molar-refractivity contribution in [2.45, 2.75) is 6.54 Å². The first-order chi connectivity index (χ1) is 19.5. The molecule has 2 heterocycles. The molecule has 0 radical (unpaired) electrons. The van der Waals surface area contributed by atoms with Crippen LogP contribution in [0.5, 0.6) is 5.88 Å². The minimum Gasteiger partial charge on any atom is -0.493 e. The summed E-state index contributed by atoms with van der Waals surface area (Å²) in [6.07, 6.45) is 0. The molecule has 0 saturated carbocycles. The summed E-state index contributed by atoms with van der Waals surface area (Å²) in [7, 11) is 0. The standard InChI is InChI=1S/C30H21BrN6O3/c31-19-15-16-25-23(17-19)27(29(40)36(25)18-26(38)32-20-9-3-1-4-10-20)34-35-30-33-24-14-8-7-13-22(24)28(39)37(30)21-11-5-2-6-12-21/h1-17,40H,18H2,(H,32,38). The first-order valence-corrected chi connectivity index (χ1v) is 13.1. The van der Waals surface area contributed by atoms with Gasteiger partial charge in [0.25, 0.3) is 11.5 Å². The van der Waals surface area contributed by atoms with Crippen LogP contribution in [0.1, 0.15) is 0 Å². The van der Waals surface area contributed by atoms with E-state index in [4.69, 9.17) is 0 Å². The Morgan fingerprint density at radius 2 is 1.57 bits per heavy atom. The molecule has 0 aliphatic rings. The van der Waals surface area contributed by atoms with Gasteiger partial charge in [-0.2, -0.15) is 0 Å². The molecule has 0 spiro atoms. The van der Waals surface area contributed by atoms with Gasteiger partial charge in [-0.3, -0.25) is 9.59 Å². The molecule has 0 aliphatic carbocycles. The lowest BCUT2D eigenvalue weighted by molar-refractivity contribution is -0.116. The summed E-state index contributed by atoms with van der Waals surface area (Å²) in [5.74, 6) is -0.514. The summed E-state index contributed by atoms with van der Waals surface area (Å²) in [5, 5.41) is 23.8. The van der Waals surface area contributed by atoms with Gasteiger partial charge >= 0.3 is 0 Å². The number of benzene rings is 4. The minimum absolute atomic E-state index is 0.0482. The summed E-state index contributed by atoms with van der Waals surface area (Å²) in [6.45, 7) is -0.155. The molecule has 2 N–H and O–H groups in total. The largest absolute Gasteiger partial charge is 0.493 e. The first kappa shape index (κ1) is 25.2. The van der Waals surface area contributed by atoms with Crippen LogP contribution in [-0.2, 0) is 11.3 Å². The number of para-hydroxylation sites is 3. The molecule has 1 amide bonds. The van der Waals surface area contributed by atoms with Gasteiger partial charge in [-0.05, 0) is 54.6 Å². The average Bonchev–Trinajstić information content (AvgIpc) is 3.22. The highest BCUT2D eigenvalue weighted by Gasteiger charge is 2.20. The van der Waals surface area contributed by atoms with Gasteiger partial charge in [0, 0.05) is 15.5 Å². The van der Waals surface area contributed by atoms with Crippen molar-refractivity contribution in [2.24, 2.45) is 10.2 Å². The predicted molar refractivity (Wildman–Crippen MR) is 158 cm³/mol. The molecule has 0 atom stereocenters. The highest BCUT2D eigenvalue weighted by molar-refractivity contribution is 9.10. The molecule has 196 valence electrons. The van der Waals surface area contributed by atoms with Crippen LogP contribution >= 0.6 is 15.9 Å². The highest BCUT2D eigenvalue weighted by Crippen LogP contribution is 2.40. The normalized spacial score (nSPS) is 11.4. The van der Waals surface area contributed by atoms with Crippen molar-refractivity contribution in [3.8, 4) is 11.6 Å². The molecule has 0 aliphatic heterocycles. The number of amides is 1. The quantitative estimate of drug-likeness (QED) is 0.205. The van der Waals surface area contributed by atoms with Crippen LogP contribution in [-0.4, -0.2) is 25.1 Å². The number of fused-ring (bicyclic) bond motifs is 2. The second kappa shape index (κ2) is 10.6. The number of hydrogen-bond donors (Lipinski definition) is 2. The number of azo groups is 1. The zero-order valence-electron chi connectivity index (χ0n) is 20.9. The second-order valence-electron chi connectivity index (χ2n) is 8.94. The SMILES string of the molecule is O=C(Cn1c(O)c(N=Nc2nc3ccccc3c(=O)n2-c2ccccc2)c2cc(Br)ccc21)Nc1ccccc1. The van der Waals surface area contributed by atoms with Crippen LogP contribution in [0, 0.1) is 0 Å². The van der Waals surface area contributed by atoms with Crippen LogP contribution in [0.15, 0.2) is 123 Å². The molecule has 40 heavy (non-hydrogen) atoms. The Morgan fingerprint density at radius 3 is 2.35 bits per heavy atom. The van der Waals surface area contributed by atoms with Gasteiger partial charge in [-0.25, -0.2) is 9.55 Å². The maximum Gasteiger partial charge on any atom is 0.267 e. The summed E-state index contributed by atoms with van der Waals surface area (Å²) in [4.78, 5) is 30.9. The summed E-state index contributed by atoms with van der Waals surface area (Å²) in [6, 6.07) is 30.5. The number of nitrogens with one attached hydrogen (secondary N) is 1. The van der Waals surface area contributed by atoms with Crippen LogP contribution in [0.25, 0.3) is 27.5 Å². The van der Waals surface area contributed by atoms with Crippen LogP contribution < -0.4 is 10.9 Å². The van der Waals surface area contributed by atoms with E-state index in [1.54, 1.807) is 60.7 Å². The number of rotatable bonds is 6. The van der Waals surface area contributed by atoms with E-state index in [9.17, 15) is 14.7 Å². The Hall–Kier alpha value is -5.09. The van der Waals surface area contributed by atoms with Crippen molar-refractivity contribution >= 4 is 61.0 Å². The molecule has 0 bridgehead atoms. The Kier molecular flexibility index (Phi) is 6.67. The molecule has 0 unspecified atom stereocenters. The van der Waals surface area contributed by atoms with Crippen molar-refractivity contribution in [2.75, 3.05) is 5.32 Å². The Morgan fingerprint density at radius 1 is 0.875 bits per heavy atom. The number of hydrogen-bond acceptors (Lipinski definition) is 6. The fourth-order valence-corrected chi connectivity index (χ4v) is 4.87. The number of nitrogens with zero attached hydrogens (tertiary/aromatic N) is 5. The molecule has 2 aromatic heterocycles. The van der Waals surface area contributed by atoms with E-state index in [0.717, 1.165) is 4.47 Å². The number of anilines is 1. The molecule has 6 rings (SSSR count). The van der Waals surface area contributed by atoms with E-state index >= 15 is 0 Å². The summed E-state index contributed by atoms with van der Waals surface area (Å²) < 4.78 is 3.60. The Bertz CT molecular complexity index is 1970. The third-order valence-electron chi connectivity index (χ3n) is 6.34. The third kappa shape index (κ3) is 4.76. The molecule has 0 fully saturated rings. The topological polar surface area (TPSA) is 114 Å². The van der Waals surface area contributed by atoms with Crippen molar-refractivity contribution in [3.05, 3.63) is 118 Å². The van der Waals surface area contributed by atoms with E-state index in [0.29, 0.717) is 33.2 Å². The van der Waals surface area contributed by atoms with Gasteiger partial charge in [0.2, 0.25) is 11.8 Å². The van der Waals surface area contributed by atoms with Gasteiger partial charge < -0.3 is 15.0 Å². The van der Waals surface area contributed by atoms with Gasteiger partial charge in [0.05, 0.1) is 22.1 Å². The number of carbonyl (C=O) groups excluding carboxylic acids is 1. The van der Waals surface area contributed by atoms with E-state index in [2.05, 4.69) is 36.5 Å². The molecule has 4 aromatic carbocycles. The Balaban J connectivity index is 1.46. The van der Waals surface area contributed by atoms with E-state index in [-0.39, 0.29) is 35.5 Å². The summed E-state index contributed by atoms with van der Waals surface area (Å²) in [5.41, 5.74) is 2.13. The van der Waals surface area contributed by atoms with Crippen LogP contribution in [0.2, 0.25) is 0 Å². The van der Waals surface area contributed by atoms with Crippen molar-refractivity contribution in [1.82, 2.24) is 14.1 Å². The molecule has 0 saturated heterocycles. The lowest BCUT2D eigenvalue weighted by Gasteiger charge is -2.09. The fourth-order valence-electron chi connectivity index (χ4n) is 4.51. The van der Waals surface area contributed by atoms with Gasteiger partial charge in [0.15, 0.2) is 5.69 Å². The van der Waals surface area contributed by atoms with Crippen LogP contribution in [0.3, 0.4) is 0 Å². The summed E-state index contributed by atoms with van der Waals surface area (Å²) >= 11 is 3.47. The van der Waals surface area contributed by atoms with E-state index in [1.807, 2.05) is 42.5 Å². The monoisotopic (exact) mass is 592 g/mol. The van der Waals surface area contributed by atoms with Crippen molar-refractivity contribution in [1.29, 1.82) is 0 Å². The lowest BCUT2D eigenvalue weighted by Crippen LogP contribution is -2.19. The molecular weight excluding hydrogens is 572 g/mol. The number of carbonyl (C=O) groups is 1. The third-order valence-corrected chi connectivity index (χ3v) is 6.84. The van der Waals surface area contributed by atoms with E-state index < -0.39 is 0 Å². The predicted octanol–water partition coefficient (Wildman–Crippen LogP) is 6.86. The Labute approximate surface area is 236 Å². The van der Waals surface area contributed by atoms with Crippen LogP contribution in [0.4, 0.5) is 17.3 Å². The zero-order chi connectivity index (χ0) is 27.6. The maximum absolute atomic E-state index is 13.5. The molecule has 9 nitrogen and oxygen atoms in total. The van der Waals surface area contributed by atoms with Gasteiger partial charge in [-0.1, -0.05) is 64.5 Å². The number of aromatic nitrogens is 3. The number of aromatic hydroxyl groups is 1. The maximum atomic E-state index is 13.5. The molecule has 6 aromatic rings. The van der Waals surface area contributed by atoms with Gasteiger partial charge in [0.1, 0.15) is 6.54 Å². The highest BCUT2D eigenvalue weighted by atomic mass is 79.9. The second-order valence-corrected chi connectivity index (χ2v) is 9.85. The van der Waals surface area contributed by atoms with Crippen molar-refractivity contribution in [3.63, 3.8) is 0 Å². The lowest BCUT2D eigenvalue weighted by atomic mass is 10.2. The average molecular weight is 593 g/mol. The van der Waals surface area contributed by atoms with Gasteiger partial charge in [-0.15, -0.1) is 10.2 Å². The number of halogens is 1. The van der Waals surface area contributed by atoms with Crippen molar-refractivity contribution < 1.29 is 9.90 Å². The zero-order valence-corrected chi connectivity index (χ0v) is 22.5. The minimum atomic E-state index is -0.320. The smallest absolute Gasteiger partial charge is 0.267 e.